The molecule has 3 heterocycles. The van der Waals surface area contributed by atoms with Crippen LogP contribution in [0.3, 0.4) is 0 Å². The van der Waals surface area contributed by atoms with Crippen molar-refractivity contribution in [2.45, 2.75) is 32.2 Å². The number of aryl methyl sites for hydroxylation is 1. The summed E-state index contributed by atoms with van der Waals surface area (Å²) >= 11 is 0. The van der Waals surface area contributed by atoms with Gasteiger partial charge in [0.15, 0.2) is 0 Å². The van der Waals surface area contributed by atoms with Gasteiger partial charge in [-0.1, -0.05) is 31.0 Å². The lowest BCUT2D eigenvalue weighted by Crippen LogP contribution is -2.06. The Morgan fingerprint density at radius 1 is 1.03 bits per heavy atom. The summed E-state index contributed by atoms with van der Waals surface area (Å²) < 4.78 is 18.8. The number of rotatable bonds is 4. The summed E-state index contributed by atoms with van der Waals surface area (Å²) in [6.07, 6.45) is 11.1. The molecule has 5 nitrogen and oxygen atoms in total. The number of aromatic nitrogens is 4. The molecule has 0 atom stereocenters. The van der Waals surface area contributed by atoms with Gasteiger partial charge in [-0.25, -0.2) is 9.24 Å². The van der Waals surface area contributed by atoms with Gasteiger partial charge in [0.1, 0.15) is 5.82 Å². The monoisotopic (exact) mass is 449 g/mol. The number of pyridine rings is 1. The van der Waals surface area contributed by atoms with E-state index in [4.69, 9.17) is 11.6 Å². The van der Waals surface area contributed by atoms with Crippen LogP contribution in [0, 0.1) is 18.3 Å². The van der Waals surface area contributed by atoms with Crippen molar-refractivity contribution in [2.75, 3.05) is 0 Å². The minimum atomic E-state index is -0.511. The molecule has 1 aliphatic rings. The van der Waals surface area contributed by atoms with Crippen molar-refractivity contribution in [2.24, 2.45) is 13.0 Å². The van der Waals surface area contributed by atoms with E-state index in [0.29, 0.717) is 5.92 Å². The molecule has 0 saturated heterocycles. The molecule has 0 radical (unpaired) electrons. The first kappa shape index (κ1) is 20.6. The Balaban J connectivity index is 1.56. The molecule has 1 aliphatic carbocycles. The zero-order valence-electron chi connectivity index (χ0n) is 19.0. The SMILES string of the molecule is [C-]#[N+]c1ccc(-c2c(-c3ccc4c(cnn4C)c3)ncc3c2ccn3CC2CCCC2)cc1F. The highest BCUT2D eigenvalue weighted by molar-refractivity contribution is 6.02. The fourth-order valence-corrected chi connectivity index (χ4v) is 5.36. The van der Waals surface area contributed by atoms with E-state index in [-0.39, 0.29) is 5.69 Å². The summed E-state index contributed by atoms with van der Waals surface area (Å²) in [5, 5.41) is 6.43. The van der Waals surface area contributed by atoms with Crippen LogP contribution in [0.4, 0.5) is 10.1 Å². The van der Waals surface area contributed by atoms with Gasteiger partial charge in [-0.05, 0) is 48.6 Å². The summed E-state index contributed by atoms with van der Waals surface area (Å²) in [6.45, 7) is 8.20. The van der Waals surface area contributed by atoms with Crippen molar-refractivity contribution in [1.29, 1.82) is 0 Å². The molecule has 6 heteroatoms. The van der Waals surface area contributed by atoms with E-state index in [0.717, 1.165) is 50.7 Å². The maximum atomic E-state index is 14.7. The first-order valence-electron chi connectivity index (χ1n) is 11.7. The van der Waals surface area contributed by atoms with E-state index in [1.807, 2.05) is 42.3 Å². The van der Waals surface area contributed by atoms with E-state index in [1.54, 1.807) is 6.07 Å². The smallest absolute Gasteiger partial charge is 0.222 e. The third-order valence-electron chi connectivity index (χ3n) is 7.13. The zero-order valence-corrected chi connectivity index (χ0v) is 19.0. The molecular formula is C28H24FN5. The predicted molar refractivity (Wildman–Crippen MR) is 133 cm³/mol. The van der Waals surface area contributed by atoms with Crippen LogP contribution in [0.5, 0.6) is 0 Å². The van der Waals surface area contributed by atoms with Gasteiger partial charge in [0.25, 0.3) is 0 Å². The lowest BCUT2D eigenvalue weighted by atomic mass is 9.95. The highest BCUT2D eigenvalue weighted by atomic mass is 19.1. The predicted octanol–water partition coefficient (Wildman–Crippen LogP) is 7.14. The van der Waals surface area contributed by atoms with Gasteiger partial charge in [-0.2, -0.15) is 5.10 Å². The number of fused-ring (bicyclic) bond motifs is 2. The van der Waals surface area contributed by atoms with Crippen LogP contribution in [-0.4, -0.2) is 19.3 Å². The molecule has 2 aromatic carbocycles. The topological polar surface area (TPSA) is 40.0 Å². The molecule has 0 amide bonds. The Labute approximate surface area is 197 Å². The zero-order chi connectivity index (χ0) is 23.2. The summed E-state index contributed by atoms with van der Waals surface area (Å²) in [6, 6.07) is 13.1. The average molecular weight is 450 g/mol. The Morgan fingerprint density at radius 2 is 1.85 bits per heavy atom. The minimum absolute atomic E-state index is 0.0287. The Bertz CT molecular complexity index is 1580. The van der Waals surface area contributed by atoms with E-state index < -0.39 is 5.82 Å². The Kier molecular flexibility index (Phi) is 4.91. The van der Waals surface area contributed by atoms with Crippen molar-refractivity contribution in [3.8, 4) is 22.4 Å². The fourth-order valence-electron chi connectivity index (χ4n) is 5.36. The van der Waals surface area contributed by atoms with Gasteiger partial charge in [0, 0.05) is 41.7 Å². The van der Waals surface area contributed by atoms with Crippen molar-refractivity contribution in [3.63, 3.8) is 0 Å². The second-order valence-corrected chi connectivity index (χ2v) is 9.22. The van der Waals surface area contributed by atoms with Crippen LogP contribution in [-0.2, 0) is 13.6 Å². The first-order valence-corrected chi connectivity index (χ1v) is 11.7. The Morgan fingerprint density at radius 3 is 2.65 bits per heavy atom. The maximum absolute atomic E-state index is 14.7. The molecule has 0 unspecified atom stereocenters. The molecular weight excluding hydrogens is 425 g/mol. The number of hydrogen-bond acceptors (Lipinski definition) is 2. The molecule has 168 valence electrons. The molecule has 34 heavy (non-hydrogen) atoms. The number of benzene rings is 2. The summed E-state index contributed by atoms with van der Waals surface area (Å²) in [7, 11) is 1.92. The van der Waals surface area contributed by atoms with Crippen molar-refractivity contribution in [1.82, 2.24) is 19.3 Å². The lowest BCUT2D eigenvalue weighted by molar-refractivity contribution is 0.466. The van der Waals surface area contributed by atoms with Crippen molar-refractivity contribution >= 4 is 27.5 Å². The third-order valence-corrected chi connectivity index (χ3v) is 7.13. The van der Waals surface area contributed by atoms with Gasteiger partial charge in [-0.15, -0.1) is 0 Å². The minimum Gasteiger partial charge on any atom is -0.346 e. The number of hydrogen-bond donors (Lipinski definition) is 0. The molecule has 0 aliphatic heterocycles. The highest BCUT2D eigenvalue weighted by Crippen LogP contribution is 2.39. The molecule has 3 aromatic heterocycles. The normalized spacial score (nSPS) is 14.3. The maximum Gasteiger partial charge on any atom is 0.222 e. The summed E-state index contributed by atoms with van der Waals surface area (Å²) in [5.41, 5.74) is 5.50. The van der Waals surface area contributed by atoms with Crippen LogP contribution in [0.25, 0.3) is 49.0 Å². The molecule has 6 rings (SSSR count). The fraction of sp³-hybridized carbons (Fsp3) is 0.250. The van der Waals surface area contributed by atoms with Crippen molar-refractivity contribution < 1.29 is 4.39 Å². The van der Waals surface area contributed by atoms with Crippen LogP contribution < -0.4 is 0 Å². The lowest BCUT2D eigenvalue weighted by Gasteiger charge is -2.15. The van der Waals surface area contributed by atoms with Gasteiger partial charge in [0.2, 0.25) is 5.69 Å². The van der Waals surface area contributed by atoms with E-state index in [1.165, 1.54) is 31.7 Å². The van der Waals surface area contributed by atoms with Crippen LogP contribution >= 0.6 is 0 Å². The summed E-state index contributed by atoms with van der Waals surface area (Å²) in [5.74, 6) is 0.186. The van der Waals surface area contributed by atoms with Gasteiger partial charge in [-0.3, -0.25) is 9.67 Å². The number of nitrogens with zero attached hydrogens (tertiary/aromatic N) is 5. The molecule has 0 spiro atoms. The third kappa shape index (κ3) is 3.36. The number of halogens is 1. The Hall–Kier alpha value is -3.98. The van der Waals surface area contributed by atoms with Crippen LogP contribution in [0.15, 0.2) is 61.1 Å². The second kappa shape index (κ2) is 8.11. The van der Waals surface area contributed by atoms with Crippen LogP contribution in [0.2, 0.25) is 0 Å². The highest BCUT2D eigenvalue weighted by Gasteiger charge is 2.20. The van der Waals surface area contributed by atoms with E-state index in [2.05, 4.69) is 32.8 Å². The average Bonchev–Trinajstić information content (AvgIpc) is 3.60. The standard InChI is InChI=1S/C28H24FN5/c1-30-24-9-7-19(14-23(24)29)27-22-11-12-34(17-18-5-3-4-6-18)26(22)16-31-28(27)20-8-10-25-21(13-20)15-32-33(25)2/h7-16,18H,3-6,17H2,2H3. The molecule has 1 saturated carbocycles. The van der Waals surface area contributed by atoms with Crippen molar-refractivity contribution in [3.05, 3.63) is 78.3 Å². The van der Waals surface area contributed by atoms with Gasteiger partial charge < -0.3 is 4.57 Å². The van der Waals surface area contributed by atoms with Gasteiger partial charge in [0.05, 0.1) is 35.7 Å². The van der Waals surface area contributed by atoms with Gasteiger partial charge >= 0.3 is 0 Å². The summed E-state index contributed by atoms with van der Waals surface area (Å²) in [4.78, 5) is 8.21. The second-order valence-electron chi connectivity index (χ2n) is 9.22. The van der Waals surface area contributed by atoms with Crippen LogP contribution in [0.1, 0.15) is 25.7 Å². The molecule has 1 fully saturated rings. The van der Waals surface area contributed by atoms with E-state index in [9.17, 15) is 4.39 Å². The largest absolute Gasteiger partial charge is 0.346 e. The molecule has 0 N–H and O–H groups in total. The quantitative estimate of drug-likeness (QED) is 0.274. The molecule has 0 bridgehead atoms. The van der Waals surface area contributed by atoms with E-state index >= 15 is 0 Å². The first-order chi connectivity index (χ1) is 16.6. The molecule has 5 aromatic rings.